The van der Waals surface area contributed by atoms with E-state index in [1.54, 1.807) is 44.2 Å². The zero-order valence-electron chi connectivity index (χ0n) is 11.3. The highest BCUT2D eigenvalue weighted by Gasteiger charge is 2.19. The van der Waals surface area contributed by atoms with Gasteiger partial charge in [0.1, 0.15) is 0 Å². The van der Waals surface area contributed by atoms with Crippen LogP contribution in [0.2, 0.25) is 5.02 Å². The summed E-state index contributed by atoms with van der Waals surface area (Å²) in [6, 6.07) is 13.7. The van der Waals surface area contributed by atoms with Gasteiger partial charge in [0.25, 0.3) is 0 Å². The van der Waals surface area contributed by atoms with E-state index in [1.807, 2.05) is 18.2 Å². The van der Waals surface area contributed by atoms with Crippen LogP contribution in [-0.2, 0) is 10.0 Å². The van der Waals surface area contributed by atoms with Gasteiger partial charge in [0.2, 0.25) is 10.0 Å². The molecule has 0 saturated carbocycles. The summed E-state index contributed by atoms with van der Waals surface area (Å²) in [5.41, 5.74) is 1.59. The van der Waals surface area contributed by atoms with Gasteiger partial charge in [-0.05, 0) is 43.2 Å². The van der Waals surface area contributed by atoms with E-state index in [0.29, 0.717) is 9.92 Å². The third-order valence-electron chi connectivity index (χ3n) is 3.09. The Bertz CT molecular complexity index is 696. The van der Waals surface area contributed by atoms with Crippen molar-refractivity contribution in [1.82, 2.24) is 4.72 Å². The molecular weight excluding hydrogens is 294 g/mol. The summed E-state index contributed by atoms with van der Waals surface area (Å²) in [7, 11) is -3.53. The maximum Gasteiger partial charge on any atom is 0.241 e. The van der Waals surface area contributed by atoms with Crippen LogP contribution in [0.4, 0.5) is 0 Å². The lowest BCUT2D eigenvalue weighted by molar-refractivity contribution is 0.566. The molecule has 0 aliphatic heterocycles. The monoisotopic (exact) mass is 309 g/mol. The minimum Gasteiger partial charge on any atom is -0.207 e. The highest BCUT2D eigenvalue weighted by Crippen LogP contribution is 2.20. The van der Waals surface area contributed by atoms with Crippen molar-refractivity contribution in [3.05, 3.63) is 64.7 Å². The van der Waals surface area contributed by atoms with E-state index in [0.717, 1.165) is 11.1 Å². The second-order valence-corrected chi connectivity index (χ2v) is 6.78. The molecule has 0 aliphatic carbocycles. The third kappa shape index (κ3) is 3.39. The van der Waals surface area contributed by atoms with Crippen molar-refractivity contribution < 1.29 is 8.42 Å². The molecule has 1 atom stereocenters. The molecule has 106 valence electrons. The molecule has 5 heteroatoms. The number of nitrogens with one attached hydrogen (secondary N) is 1. The molecule has 3 nitrogen and oxygen atoms in total. The fourth-order valence-corrected chi connectivity index (χ4v) is 3.58. The molecule has 0 radical (unpaired) electrons. The van der Waals surface area contributed by atoms with Gasteiger partial charge in [-0.1, -0.05) is 41.9 Å². The Kier molecular flexibility index (Phi) is 4.48. The molecule has 1 unspecified atom stereocenters. The van der Waals surface area contributed by atoms with Gasteiger partial charge in [0.15, 0.2) is 0 Å². The first kappa shape index (κ1) is 15.0. The van der Waals surface area contributed by atoms with Crippen LogP contribution in [0, 0.1) is 6.92 Å². The van der Waals surface area contributed by atoms with Crippen LogP contribution in [0.25, 0.3) is 0 Å². The third-order valence-corrected chi connectivity index (χ3v) is 5.04. The first-order chi connectivity index (χ1) is 9.40. The molecule has 0 amide bonds. The van der Waals surface area contributed by atoms with E-state index in [9.17, 15) is 8.42 Å². The fraction of sp³-hybridized carbons (Fsp3) is 0.200. The Hall–Kier alpha value is -1.36. The fourth-order valence-electron chi connectivity index (χ4n) is 1.97. The molecule has 0 bridgehead atoms. The van der Waals surface area contributed by atoms with Crippen LogP contribution in [0.5, 0.6) is 0 Å². The summed E-state index contributed by atoms with van der Waals surface area (Å²) >= 11 is 5.83. The second-order valence-electron chi connectivity index (χ2n) is 4.66. The lowest BCUT2D eigenvalue weighted by Crippen LogP contribution is -2.27. The van der Waals surface area contributed by atoms with Crippen molar-refractivity contribution in [2.45, 2.75) is 24.8 Å². The van der Waals surface area contributed by atoms with Gasteiger partial charge in [-0.3, -0.25) is 0 Å². The maximum atomic E-state index is 12.4. The van der Waals surface area contributed by atoms with Crippen molar-refractivity contribution in [2.24, 2.45) is 0 Å². The molecule has 2 aromatic carbocycles. The van der Waals surface area contributed by atoms with Crippen molar-refractivity contribution in [2.75, 3.05) is 0 Å². The zero-order valence-corrected chi connectivity index (χ0v) is 12.9. The average Bonchev–Trinajstić information content (AvgIpc) is 2.39. The van der Waals surface area contributed by atoms with Crippen molar-refractivity contribution in [1.29, 1.82) is 0 Å². The first-order valence-corrected chi connectivity index (χ1v) is 8.10. The topological polar surface area (TPSA) is 46.2 Å². The SMILES string of the molecule is Cc1ccccc1S(=O)(=O)NC(C)c1ccc(Cl)cc1. The molecular formula is C15H16ClNO2S. The molecule has 2 aromatic rings. The molecule has 0 aromatic heterocycles. The highest BCUT2D eigenvalue weighted by atomic mass is 35.5. The van der Waals surface area contributed by atoms with Gasteiger partial charge in [-0.15, -0.1) is 0 Å². The molecule has 0 saturated heterocycles. The number of benzene rings is 2. The van der Waals surface area contributed by atoms with E-state index in [-0.39, 0.29) is 6.04 Å². The Morgan fingerprint density at radius 2 is 1.65 bits per heavy atom. The summed E-state index contributed by atoms with van der Waals surface area (Å²) in [6.45, 7) is 3.58. The number of sulfonamides is 1. The molecule has 1 N–H and O–H groups in total. The average molecular weight is 310 g/mol. The number of aryl methyl sites for hydroxylation is 1. The van der Waals surface area contributed by atoms with Crippen LogP contribution in [0.15, 0.2) is 53.4 Å². The highest BCUT2D eigenvalue weighted by molar-refractivity contribution is 7.89. The lowest BCUT2D eigenvalue weighted by atomic mass is 10.1. The van der Waals surface area contributed by atoms with E-state index < -0.39 is 10.0 Å². The quantitative estimate of drug-likeness (QED) is 0.936. The Balaban J connectivity index is 2.24. The molecule has 0 aliphatic rings. The van der Waals surface area contributed by atoms with E-state index in [1.165, 1.54) is 0 Å². The van der Waals surface area contributed by atoms with Gasteiger partial charge in [-0.2, -0.15) is 0 Å². The van der Waals surface area contributed by atoms with Crippen LogP contribution in [0.3, 0.4) is 0 Å². The molecule has 0 heterocycles. The maximum absolute atomic E-state index is 12.4. The molecule has 0 fully saturated rings. The van der Waals surface area contributed by atoms with Crippen LogP contribution < -0.4 is 4.72 Å². The van der Waals surface area contributed by atoms with Gasteiger partial charge in [-0.25, -0.2) is 13.1 Å². The largest absolute Gasteiger partial charge is 0.241 e. The number of halogens is 1. The predicted molar refractivity (Wildman–Crippen MR) is 81.4 cm³/mol. The smallest absolute Gasteiger partial charge is 0.207 e. The molecule has 20 heavy (non-hydrogen) atoms. The van der Waals surface area contributed by atoms with Crippen LogP contribution in [-0.4, -0.2) is 8.42 Å². The van der Waals surface area contributed by atoms with Crippen molar-refractivity contribution in [3.63, 3.8) is 0 Å². The minimum absolute atomic E-state index is 0.306. The summed E-state index contributed by atoms with van der Waals surface area (Å²) in [4.78, 5) is 0.306. The van der Waals surface area contributed by atoms with Gasteiger partial charge in [0, 0.05) is 11.1 Å². The van der Waals surface area contributed by atoms with Gasteiger partial charge >= 0.3 is 0 Å². The van der Waals surface area contributed by atoms with E-state index >= 15 is 0 Å². The number of rotatable bonds is 4. The van der Waals surface area contributed by atoms with Gasteiger partial charge in [0.05, 0.1) is 4.90 Å². The van der Waals surface area contributed by atoms with E-state index in [4.69, 9.17) is 11.6 Å². The van der Waals surface area contributed by atoms with Crippen LogP contribution in [0.1, 0.15) is 24.1 Å². The van der Waals surface area contributed by atoms with E-state index in [2.05, 4.69) is 4.72 Å². The van der Waals surface area contributed by atoms with Crippen LogP contribution >= 0.6 is 11.6 Å². The minimum atomic E-state index is -3.53. The second kappa shape index (κ2) is 5.95. The number of hydrogen-bond donors (Lipinski definition) is 1. The Morgan fingerprint density at radius 3 is 2.25 bits per heavy atom. The lowest BCUT2D eigenvalue weighted by Gasteiger charge is -2.15. The van der Waals surface area contributed by atoms with Crippen molar-refractivity contribution in [3.8, 4) is 0 Å². The zero-order chi connectivity index (χ0) is 14.8. The molecule has 2 rings (SSSR count). The normalized spacial score (nSPS) is 13.2. The predicted octanol–water partition coefficient (Wildman–Crippen LogP) is 3.69. The Labute approximate surface area is 124 Å². The molecule has 0 spiro atoms. The summed E-state index contributed by atoms with van der Waals surface area (Å²) in [5, 5.41) is 0.628. The van der Waals surface area contributed by atoms with Gasteiger partial charge < -0.3 is 0 Å². The summed E-state index contributed by atoms with van der Waals surface area (Å²) in [6.07, 6.45) is 0. The summed E-state index contributed by atoms with van der Waals surface area (Å²) in [5.74, 6) is 0. The number of hydrogen-bond acceptors (Lipinski definition) is 2. The standard InChI is InChI=1S/C15H16ClNO2S/c1-11-5-3-4-6-15(11)20(18,19)17-12(2)13-7-9-14(16)10-8-13/h3-10,12,17H,1-2H3. The summed E-state index contributed by atoms with van der Waals surface area (Å²) < 4.78 is 27.4. The van der Waals surface area contributed by atoms with Crippen molar-refractivity contribution >= 4 is 21.6 Å². The Morgan fingerprint density at radius 1 is 1.05 bits per heavy atom. The first-order valence-electron chi connectivity index (χ1n) is 6.23.